The van der Waals surface area contributed by atoms with Gasteiger partial charge in [-0.25, -0.2) is 0 Å². The van der Waals surface area contributed by atoms with Crippen molar-refractivity contribution in [2.75, 3.05) is 38.2 Å². The standard InChI is InChI=1S/C44H69N13O12S2/c1-4-23(2)36-43(67)52-28(14-15-33(47)58)39(63)54-30(19-34(48)59)40(64)55-31(22-71-70-21-26(46)37(61)53-29(41(65)56-36)18-24-10-12-25(69-3)13-11-24)44(68)57-17-7-9-32(57)42(66)51-27(8-5-6-16-45)38(62)50-20-35(49)60/h10-13,23,26-32,36H,4-9,14-22,45-46H2,1-3H3,(H2,47,58)(H2,48,59)(H2,49,60)(H,50,62)(H,51,66)(H,52,67)(H,53,61)(H,54,63)(H,55,64)(H,56,65)/t23-,26-,27-,28-,29+,30+,31+,32-,36-/m0/s1. The Hall–Kier alpha value is -6.19. The third-order valence-corrected chi connectivity index (χ3v) is 14.2. The predicted molar refractivity (Wildman–Crippen MR) is 263 cm³/mol. The van der Waals surface area contributed by atoms with Gasteiger partial charge in [0.15, 0.2) is 0 Å². The lowest BCUT2D eigenvalue weighted by molar-refractivity contribution is -0.142. The van der Waals surface area contributed by atoms with E-state index in [0.29, 0.717) is 43.5 Å². The number of carbonyl (C=O) groups is 11. The molecule has 25 nitrogen and oxygen atoms in total. The molecule has 0 aliphatic carbocycles. The largest absolute Gasteiger partial charge is 0.497 e. The lowest BCUT2D eigenvalue weighted by atomic mass is 9.96. The molecule has 0 spiro atoms. The van der Waals surface area contributed by atoms with Gasteiger partial charge in [0, 0.05) is 30.9 Å². The number of ether oxygens (including phenoxy) is 1. The summed E-state index contributed by atoms with van der Waals surface area (Å²) in [5, 5.41) is 17.9. The summed E-state index contributed by atoms with van der Waals surface area (Å²) in [6.07, 6.45) is 0.310. The average Bonchev–Trinajstić information content (AvgIpc) is 3.83. The third-order valence-electron chi connectivity index (χ3n) is 11.7. The molecular formula is C44H69N13O12S2. The fraction of sp³-hybridized carbons (Fsp3) is 0.614. The number of nitrogens with one attached hydrogen (secondary N) is 7. The molecule has 0 saturated carbocycles. The second-order valence-electron chi connectivity index (χ2n) is 17.2. The number of hydrogen-bond donors (Lipinski definition) is 12. The number of unbranched alkanes of at least 4 members (excludes halogenated alkanes) is 1. The molecule has 2 aliphatic heterocycles. The van der Waals surface area contributed by atoms with E-state index in [1.165, 1.54) is 12.0 Å². The van der Waals surface area contributed by atoms with E-state index in [0.717, 1.165) is 21.6 Å². The van der Waals surface area contributed by atoms with Crippen molar-refractivity contribution in [3.05, 3.63) is 29.8 Å². The first-order chi connectivity index (χ1) is 33.7. The van der Waals surface area contributed by atoms with Gasteiger partial charge in [0.1, 0.15) is 48.0 Å². The maximum Gasteiger partial charge on any atom is 0.246 e. The van der Waals surface area contributed by atoms with Crippen molar-refractivity contribution in [1.82, 2.24) is 42.1 Å². The fourth-order valence-corrected chi connectivity index (χ4v) is 9.81. The molecule has 394 valence electrons. The van der Waals surface area contributed by atoms with E-state index in [9.17, 15) is 52.7 Å². The fourth-order valence-electron chi connectivity index (χ4n) is 7.53. The number of benzene rings is 1. The average molecular weight is 1040 g/mol. The molecule has 2 heterocycles. The van der Waals surface area contributed by atoms with Gasteiger partial charge < -0.3 is 75.5 Å². The Bertz CT molecular complexity index is 2070. The van der Waals surface area contributed by atoms with Crippen molar-refractivity contribution in [3.8, 4) is 5.75 Å². The molecular weight excluding hydrogens is 967 g/mol. The van der Waals surface area contributed by atoms with Crippen LogP contribution in [0.2, 0.25) is 0 Å². The van der Waals surface area contributed by atoms with Crippen LogP contribution in [0.25, 0.3) is 0 Å². The normalized spacial score (nSPS) is 23.8. The molecule has 0 bridgehead atoms. The Morgan fingerprint density at radius 1 is 0.803 bits per heavy atom. The summed E-state index contributed by atoms with van der Waals surface area (Å²) in [5.41, 5.74) is 28.7. The van der Waals surface area contributed by atoms with Gasteiger partial charge in [0.05, 0.1) is 26.1 Å². The molecule has 2 saturated heterocycles. The minimum Gasteiger partial charge on any atom is -0.497 e. The molecule has 9 atom stereocenters. The number of nitrogens with two attached hydrogens (primary N) is 5. The van der Waals surface area contributed by atoms with E-state index in [1.54, 1.807) is 38.1 Å². The number of primary amides is 3. The second-order valence-corrected chi connectivity index (χ2v) is 19.8. The second kappa shape index (κ2) is 29.9. The van der Waals surface area contributed by atoms with Gasteiger partial charge in [0.25, 0.3) is 0 Å². The zero-order chi connectivity index (χ0) is 52.8. The van der Waals surface area contributed by atoms with E-state index >= 15 is 0 Å². The third kappa shape index (κ3) is 19.5. The van der Waals surface area contributed by atoms with Crippen molar-refractivity contribution in [3.63, 3.8) is 0 Å². The van der Waals surface area contributed by atoms with Gasteiger partial charge in [0.2, 0.25) is 65.0 Å². The number of hydrogen-bond acceptors (Lipinski definition) is 16. The Kier molecular flexibility index (Phi) is 24.9. The van der Waals surface area contributed by atoms with Gasteiger partial charge in [-0.15, -0.1) is 0 Å². The summed E-state index contributed by atoms with van der Waals surface area (Å²) in [5.74, 6) is -9.64. The highest BCUT2D eigenvalue weighted by Crippen LogP contribution is 2.26. The van der Waals surface area contributed by atoms with Crippen molar-refractivity contribution in [2.24, 2.45) is 34.6 Å². The SMILES string of the molecule is CC[C@H](C)[C@@H]1NC(=O)[C@@H](Cc2ccc(OC)cc2)NC(=O)[C@@H](N)CSSC[C@H](C(=O)N2CCC[C@H]2C(=O)N[C@@H](CCCCN)C(=O)NCC(N)=O)NC(=O)[C@@H](CC(N)=O)NC(=O)[C@H](CCC(N)=O)NC1=O. The van der Waals surface area contributed by atoms with E-state index in [2.05, 4.69) is 37.2 Å². The van der Waals surface area contributed by atoms with Gasteiger partial charge >= 0.3 is 0 Å². The van der Waals surface area contributed by atoms with Gasteiger partial charge in [-0.1, -0.05) is 54.0 Å². The van der Waals surface area contributed by atoms with Crippen LogP contribution in [0.5, 0.6) is 5.75 Å². The zero-order valence-corrected chi connectivity index (χ0v) is 41.8. The number of nitrogens with zero attached hydrogens (tertiary/aromatic N) is 1. The number of likely N-dealkylation sites (tertiary alicyclic amines) is 1. The number of rotatable bonds is 20. The molecule has 0 radical (unpaired) electrons. The van der Waals surface area contributed by atoms with Crippen LogP contribution in [0.15, 0.2) is 24.3 Å². The highest BCUT2D eigenvalue weighted by Gasteiger charge is 2.41. The molecule has 2 fully saturated rings. The Morgan fingerprint density at radius 3 is 2.06 bits per heavy atom. The number of carbonyl (C=O) groups excluding carboxylic acids is 11. The highest BCUT2D eigenvalue weighted by atomic mass is 33.1. The maximum absolute atomic E-state index is 14.5. The quantitative estimate of drug-likeness (QED) is 0.0435. The summed E-state index contributed by atoms with van der Waals surface area (Å²) in [6, 6.07) is -4.15. The molecule has 71 heavy (non-hydrogen) atoms. The van der Waals surface area contributed by atoms with Crippen LogP contribution in [-0.4, -0.2) is 156 Å². The predicted octanol–water partition coefficient (Wildman–Crippen LogP) is -4.22. The molecule has 0 aromatic heterocycles. The van der Waals surface area contributed by atoms with Crippen LogP contribution in [0.3, 0.4) is 0 Å². The molecule has 17 N–H and O–H groups in total. The lowest BCUT2D eigenvalue weighted by Gasteiger charge is -2.31. The van der Waals surface area contributed by atoms with E-state index < -0.39 is 139 Å². The summed E-state index contributed by atoms with van der Waals surface area (Å²) in [6.45, 7) is 3.30. The Labute approximate surface area is 419 Å². The molecule has 2 aliphatic rings. The molecule has 1 aromatic carbocycles. The number of methoxy groups -OCH3 is 1. The molecule has 3 rings (SSSR count). The van der Waals surface area contributed by atoms with Crippen LogP contribution in [-0.2, 0) is 59.2 Å². The van der Waals surface area contributed by atoms with Gasteiger partial charge in [-0.05, 0) is 68.7 Å². The number of amides is 11. The minimum atomic E-state index is -1.75. The summed E-state index contributed by atoms with van der Waals surface area (Å²) < 4.78 is 5.25. The lowest BCUT2D eigenvalue weighted by Crippen LogP contribution is -2.61. The van der Waals surface area contributed by atoms with Crippen molar-refractivity contribution < 1.29 is 57.5 Å². The first-order valence-electron chi connectivity index (χ1n) is 23.3. The van der Waals surface area contributed by atoms with Gasteiger partial charge in [-0.3, -0.25) is 52.7 Å². The zero-order valence-electron chi connectivity index (χ0n) is 40.2. The monoisotopic (exact) mass is 1040 g/mol. The molecule has 0 unspecified atom stereocenters. The Morgan fingerprint density at radius 2 is 1.44 bits per heavy atom. The minimum absolute atomic E-state index is 0.0451. The van der Waals surface area contributed by atoms with Crippen molar-refractivity contribution >= 4 is 86.6 Å². The summed E-state index contributed by atoms with van der Waals surface area (Å²) in [4.78, 5) is 149. The van der Waals surface area contributed by atoms with Crippen LogP contribution in [0.4, 0.5) is 0 Å². The van der Waals surface area contributed by atoms with E-state index in [4.69, 9.17) is 33.4 Å². The van der Waals surface area contributed by atoms with E-state index in [1.807, 2.05) is 0 Å². The van der Waals surface area contributed by atoms with Crippen LogP contribution in [0, 0.1) is 5.92 Å². The molecule has 27 heteroatoms. The van der Waals surface area contributed by atoms with Crippen LogP contribution >= 0.6 is 21.6 Å². The van der Waals surface area contributed by atoms with Crippen LogP contribution in [0.1, 0.15) is 77.2 Å². The molecule has 1 aromatic rings. The van der Waals surface area contributed by atoms with Gasteiger partial charge in [-0.2, -0.15) is 0 Å². The van der Waals surface area contributed by atoms with Crippen LogP contribution < -0.4 is 70.6 Å². The molecule has 11 amide bonds. The van der Waals surface area contributed by atoms with Crippen molar-refractivity contribution in [1.29, 1.82) is 0 Å². The maximum atomic E-state index is 14.5. The summed E-state index contributed by atoms with van der Waals surface area (Å²) in [7, 11) is 3.55. The smallest absolute Gasteiger partial charge is 0.246 e. The Balaban J connectivity index is 2.05. The summed E-state index contributed by atoms with van der Waals surface area (Å²) >= 11 is 0. The highest BCUT2D eigenvalue weighted by molar-refractivity contribution is 8.76. The first kappa shape index (κ1) is 59.1. The first-order valence-corrected chi connectivity index (χ1v) is 25.8. The van der Waals surface area contributed by atoms with Crippen molar-refractivity contribution in [2.45, 2.75) is 126 Å². The topological polar surface area (TPSA) is 415 Å². The van der Waals surface area contributed by atoms with E-state index in [-0.39, 0.29) is 43.7 Å².